The van der Waals surface area contributed by atoms with E-state index in [1.165, 1.54) is 17.7 Å². The number of carbonyl (C=O) groups excluding carboxylic acids is 1. The molecule has 2 aromatic heterocycles. The molecule has 0 saturated carbocycles. The maximum absolute atomic E-state index is 12.3. The molecule has 0 radical (unpaired) electrons. The van der Waals surface area contributed by atoms with Gasteiger partial charge >= 0.3 is 0 Å². The van der Waals surface area contributed by atoms with E-state index in [1.54, 1.807) is 6.20 Å². The van der Waals surface area contributed by atoms with Gasteiger partial charge in [0, 0.05) is 49.6 Å². The molecule has 0 spiro atoms. The van der Waals surface area contributed by atoms with Crippen molar-refractivity contribution >= 4 is 11.7 Å². The summed E-state index contributed by atoms with van der Waals surface area (Å²) in [5, 5.41) is 0. The third-order valence-electron chi connectivity index (χ3n) is 5.74. The van der Waals surface area contributed by atoms with E-state index in [1.807, 2.05) is 11.0 Å². The van der Waals surface area contributed by atoms with E-state index in [4.69, 9.17) is 4.98 Å². The molecule has 4 heterocycles. The monoisotopic (exact) mass is 364 g/mol. The zero-order chi connectivity index (χ0) is 18.6. The minimum atomic E-state index is 0.216. The molecule has 142 valence electrons. The number of carbonyl (C=O) groups is 1. The summed E-state index contributed by atoms with van der Waals surface area (Å²) in [6, 6.07) is 10.4. The molecule has 0 aliphatic carbocycles. The molecule has 1 atom stereocenters. The van der Waals surface area contributed by atoms with Crippen molar-refractivity contribution in [3.63, 3.8) is 0 Å². The van der Waals surface area contributed by atoms with E-state index in [-0.39, 0.29) is 5.91 Å². The van der Waals surface area contributed by atoms with Gasteiger partial charge in [-0.2, -0.15) is 0 Å². The number of hydrogen-bond donors (Lipinski definition) is 0. The van der Waals surface area contributed by atoms with Crippen molar-refractivity contribution < 1.29 is 4.79 Å². The van der Waals surface area contributed by atoms with E-state index in [0.29, 0.717) is 12.3 Å². The molecule has 1 unspecified atom stereocenters. The molecule has 2 aliphatic heterocycles. The average Bonchev–Trinajstić information content (AvgIpc) is 3.16. The Morgan fingerprint density at radius 2 is 2.07 bits per heavy atom. The summed E-state index contributed by atoms with van der Waals surface area (Å²) in [7, 11) is 0. The van der Waals surface area contributed by atoms with Crippen LogP contribution in [-0.4, -0.2) is 47.0 Å². The number of aromatic nitrogens is 2. The van der Waals surface area contributed by atoms with Crippen LogP contribution in [0.15, 0.2) is 36.5 Å². The van der Waals surface area contributed by atoms with Gasteiger partial charge in [-0.25, -0.2) is 4.98 Å². The van der Waals surface area contributed by atoms with Gasteiger partial charge in [-0.3, -0.25) is 14.7 Å². The first-order chi connectivity index (χ1) is 13.2. The van der Waals surface area contributed by atoms with E-state index in [0.717, 1.165) is 57.0 Å². The van der Waals surface area contributed by atoms with Crippen molar-refractivity contribution in [2.45, 2.75) is 44.9 Å². The zero-order valence-corrected chi connectivity index (χ0v) is 16.1. The Kier molecular flexibility index (Phi) is 5.48. The van der Waals surface area contributed by atoms with Crippen LogP contribution in [0.3, 0.4) is 0 Å². The minimum Gasteiger partial charge on any atom is -0.302 e. The molecular formula is C22H28N4O. The molecule has 2 saturated heterocycles. The first-order valence-corrected chi connectivity index (χ1v) is 10.1. The molecule has 0 bridgehead atoms. The van der Waals surface area contributed by atoms with Crippen LogP contribution in [-0.2, 0) is 11.2 Å². The molecule has 1 amide bonds. The lowest BCUT2D eigenvalue weighted by molar-refractivity contribution is -0.119. The van der Waals surface area contributed by atoms with Gasteiger partial charge in [0.2, 0.25) is 5.91 Å². The number of anilines is 1. The molecule has 0 aromatic carbocycles. The lowest BCUT2D eigenvalue weighted by atomic mass is 10.0. The maximum Gasteiger partial charge on any atom is 0.228 e. The molecule has 4 rings (SSSR count). The van der Waals surface area contributed by atoms with Crippen LogP contribution in [0.1, 0.15) is 48.6 Å². The number of hydrogen-bond acceptors (Lipinski definition) is 4. The molecule has 2 aromatic rings. The second-order valence-corrected chi connectivity index (χ2v) is 7.73. The molecule has 0 N–H and O–H groups in total. The van der Waals surface area contributed by atoms with Gasteiger partial charge in [-0.05, 0) is 62.9 Å². The Morgan fingerprint density at radius 3 is 2.93 bits per heavy atom. The summed E-state index contributed by atoms with van der Waals surface area (Å²) in [4.78, 5) is 26.0. The number of pyridine rings is 2. The number of amides is 1. The van der Waals surface area contributed by atoms with Crippen LogP contribution in [0, 0.1) is 6.92 Å². The Hall–Kier alpha value is -2.27. The molecular weight excluding hydrogens is 336 g/mol. The predicted octanol–water partition coefficient (Wildman–Crippen LogP) is 3.33. The summed E-state index contributed by atoms with van der Waals surface area (Å²) < 4.78 is 0. The van der Waals surface area contributed by atoms with Gasteiger partial charge < -0.3 is 4.90 Å². The largest absolute Gasteiger partial charge is 0.302 e. The number of rotatable bonds is 5. The fourth-order valence-corrected chi connectivity index (χ4v) is 4.25. The molecule has 2 fully saturated rings. The molecule has 5 nitrogen and oxygen atoms in total. The highest BCUT2D eigenvalue weighted by Gasteiger charge is 2.26. The average molecular weight is 364 g/mol. The number of piperidine rings is 1. The Labute approximate surface area is 161 Å². The summed E-state index contributed by atoms with van der Waals surface area (Å²) in [5.41, 5.74) is 3.50. The third kappa shape index (κ3) is 4.19. The number of nitrogens with zero attached hydrogens (tertiary/aromatic N) is 4. The van der Waals surface area contributed by atoms with Crippen LogP contribution in [0.25, 0.3) is 0 Å². The highest BCUT2D eigenvalue weighted by Crippen LogP contribution is 2.27. The summed E-state index contributed by atoms with van der Waals surface area (Å²) >= 11 is 0. The quantitative estimate of drug-likeness (QED) is 0.816. The second-order valence-electron chi connectivity index (χ2n) is 7.73. The van der Waals surface area contributed by atoms with Crippen LogP contribution in [0.4, 0.5) is 5.82 Å². The normalized spacial score (nSPS) is 21.0. The van der Waals surface area contributed by atoms with E-state index < -0.39 is 0 Å². The number of likely N-dealkylation sites (tertiary alicyclic amines) is 1. The van der Waals surface area contributed by atoms with Crippen molar-refractivity contribution in [3.8, 4) is 0 Å². The van der Waals surface area contributed by atoms with Gasteiger partial charge in [-0.15, -0.1) is 0 Å². The topological polar surface area (TPSA) is 49.3 Å². The van der Waals surface area contributed by atoms with Gasteiger partial charge in [0.25, 0.3) is 0 Å². The van der Waals surface area contributed by atoms with Gasteiger partial charge in [0.05, 0.1) is 0 Å². The zero-order valence-electron chi connectivity index (χ0n) is 16.1. The van der Waals surface area contributed by atoms with E-state index >= 15 is 0 Å². The highest BCUT2D eigenvalue weighted by molar-refractivity contribution is 5.93. The number of aryl methyl sites for hydroxylation is 1. The smallest absolute Gasteiger partial charge is 0.228 e. The van der Waals surface area contributed by atoms with Crippen molar-refractivity contribution in [1.82, 2.24) is 14.9 Å². The Morgan fingerprint density at radius 1 is 1.15 bits per heavy atom. The van der Waals surface area contributed by atoms with Crippen molar-refractivity contribution in [2.24, 2.45) is 0 Å². The van der Waals surface area contributed by atoms with Crippen LogP contribution < -0.4 is 4.90 Å². The van der Waals surface area contributed by atoms with Gasteiger partial charge in [-0.1, -0.05) is 12.1 Å². The van der Waals surface area contributed by atoms with Crippen LogP contribution in [0.5, 0.6) is 0 Å². The predicted molar refractivity (Wildman–Crippen MR) is 107 cm³/mol. The van der Waals surface area contributed by atoms with Crippen molar-refractivity contribution in [2.75, 3.05) is 31.1 Å². The molecule has 2 aliphatic rings. The second kappa shape index (κ2) is 8.17. The highest BCUT2D eigenvalue weighted by atomic mass is 16.2. The van der Waals surface area contributed by atoms with Gasteiger partial charge in [0.15, 0.2) is 0 Å². The first-order valence-electron chi connectivity index (χ1n) is 10.1. The minimum absolute atomic E-state index is 0.216. The fourth-order valence-electron chi connectivity index (χ4n) is 4.25. The first kappa shape index (κ1) is 18.1. The van der Waals surface area contributed by atoms with E-state index in [2.05, 4.69) is 41.1 Å². The lowest BCUT2D eigenvalue weighted by Gasteiger charge is -2.28. The summed E-state index contributed by atoms with van der Waals surface area (Å²) in [6.45, 7) is 6.03. The lowest BCUT2D eigenvalue weighted by Crippen LogP contribution is -2.36. The standard InChI is InChI=1S/C22H28N4O/c1-17-6-4-8-20(24-17)19-11-15-25(16-19)14-10-18-7-5-12-23-22(18)26-13-3-2-9-21(26)27/h4-8,12,19H,2-3,9-11,13-16H2,1H3. The van der Waals surface area contributed by atoms with Crippen LogP contribution >= 0.6 is 0 Å². The Balaban J connectivity index is 1.39. The SMILES string of the molecule is Cc1cccc(C2CCN(CCc3cccnc3N3CCCCC3=O)C2)n1. The van der Waals surface area contributed by atoms with E-state index in [9.17, 15) is 4.79 Å². The summed E-state index contributed by atoms with van der Waals surface area (Å²) in [5.74, 6) is 1.62. The van der Waals surface area contributed by atoms with Crippen molar-refractivity contribution in [3.05, 3.63) is 53.5 Å². The maximum atomic E-state index is 12.3. The van der Waals surface area contributed by atoms with Gasteiger partial charge in [0.1, 0.15) is 5.82 Å². The molecule has 27 heavy (non-hydrogen) atoms. The Bertz CT molecular complexity index is 806. The summed E-state index contributed by atoms with van der Waals surface area (Å²) in [6.07, 6.45) is 6.61. The van der Waals surface area contributed by atoms with Crippen molar-refractivity contribution in [1.29, 1.82) is 0 Å². The molecule has 5 heteroatoms. The van der Waals surface area contributed by atoms with Crippen LogP contribution in [0.2, 0.25) is 0 Å². The third-order valence-corrected chi connectivity index (χ3v) is 5.74. The fraction of sp³-hybridized carbons (Fsp3) is 0.500.